The number of hydrogen-bond acceptors (Lipinski definition) is 4. The highest BCUT2D eigenvalue weighted by atomic mass is 19.1. The average molecular weight is 381 g/mol. The van der Waals surface area contributed by atoms with Gasteiger partial charge in [0.15, 0.2) is 0 Å². The SMILES string of the molecule is Cc1cc(C)nc(/N=C(\NC(=O)c2ccc(F)cc2)Nc2ccc(F)cc2)n1. The molecule has 0 aliphatic carbocycles. The van der Waals surface area contributed by atoms with E-state index in [9.17, 15) is 13.6 Å². The van der Waals surface area contributed by atoms with Crippen LogP contribution in [-0.2, 0) is 0 Å². The number of nitrogens with zero attached hydrogens (tertiary/aromatic N) is 3. The molecule has 28 heavy (non-hydrogen) atoms. The van der Waals surface area contributed by atoms with Gasteiger partial charge in [-0.3, -0.25) is 10.1 Å². The molecule has 2 N–H and O–H groups in total. The molecule has 3 rings (SSSR count). The second-order valence-electron chi connectivity index (χ2n) is 6.00. The number of anilines is 1. The highest BCUT2D eigenvalue weighted by Gasteiger charge is 2.11. The van der Waals surface area contributed by atoms with Gasteiger partial charge < -0.3 is 5.32 Å². The molecule has 142 valence electrons. The van der Waals surface area contributed by atoms with Crippen molar-refractivity contribution in [3.05, 3.63) is 83.2 Å². The van der Waals surface area contributed by atoms with Crippen molar-refractivity contribution in [1.29, 1.82) is 0 Å². The summed E-state index contributed by atoms with van der Waals surface area (Å²) in [6.45, 7) is 3.61. The van der Waals surface area contributed by atoms with Crippen molar-refractivity contribution in [1.82, 2.24) is 15.3 Å². The summed E-state index contributed by atoms with van der Waals surface area (Å²) in [5.41, 5.74) is 2.19. The van der Waals surface area contributed by atoms with Crippen LogP contribution in [0.3, 0.4) is 0 Å². The van der Waals surface area contributed by atoms with Gasteiger partial charge in [0, 0.05) is 22.6 Å². The first-order valence-electron chi connectivity index (χ1n) is 8.39. The maximum absolute atomic E-state index is 13.1. The van der Waals surface area contributed by atoms with Gasteiger partial charge in [-0.05, 0) is 68.4 Å². The number of halogens is 2. The molecule has 0 atom stereocenters. The van der Waals surface area contributed by atoms with Crippen molar-refractivity contribution < 1.29 is 13.6 Å². The number of nitrogens with one attached hydrogen (secondary N) is 2. The number of amides is 1. The molecule has 1 heterocycles. The second-order valence-corrected chi connectivity index (χ2v) is 6.00. The lowest BCUT2D eigenvalue weighted by Gasteiger charge is -2.11. The number of carbonyl (C=O) groups excluding carboxylic acids is 1. The predicted molar refractivity (Wildman–Crippen MR) is 102 cm³/mol. The van der Waals surface area contributed by atoms with E-state index in [4.69, 9.17) is 0 Å². The molecule has 8 heteroatoms. The fourth-order valence-corrected chi connectivity index (χ4v) is 2.40. The van der Waals surface area contributed by atoms with Gasteiger partial charge in [-0.1, -0.05) is 0 Å². The lowest BCUT2D eigenvalue weighted by atomic mass is 10.2. The zero-order chi connectivity index (χ0) is 20.1. The molecule has 6 nitrogen and oxygen atoms in total. The van der Waals surface area contributed by atoms with Crippen LogP contribution in [0, 0.1) is 25.5 Å². The first-order chi connectivity index (χ1) is 13.4. The van der Waals surface area contributed by atoms with Gasteiger partial charge in [0.05, 0.1) is 0 Å². The number of hydrogen-bond donors (Lipinski definition) is 2. The third kappa shape index (κ3) is 5.16. The standard InChI is InChI=1S/C20H17F2N5O/c1-12-11-13(2)24-19(23-12)27-20(25-17-9-7-16(22)8-10-17)26-18(28)14-3-5-15(21)6-4-14/h3-11H,1-2H3,(H2,23,24,25,26,27,28). The van der Waals surface area contributed by atoms with Gasteiger partial charge >= 0.3 is 0 Å². The van der Waals surface area contributed by atoms with Crippen molar-refractivity contribution in [2.75, 3.05) is 5.32 Å². The summed E-state index contributed by atoms with van der Waals surface area (Å²) in [5.74, 6) is -1.14. The van der Waals surface area contributed by atoms with E-state index in [1.807, 2.05) is 0 Å². The Morgan fingerprint density at radius 1 is 0.893 bits per heavy atom. The number of aromatic nitrogens is 2. The van der Waals surface area contributed by atoms with E-state index in [-0.39, 0.29) is 17.5 Å². The third-order valence-electron chi connectivity index (χ3n) is 3.63. The highest BCUT2D eigenvalue weighted by molar-refractivity contribution is 6.10. The summed E-state index contributed by atoms with van der Waals surface area (Å²) >= 11 is 0. The van der Waals surface area contributed by atoms with E-state index in [1.54, 1.807) is 19.9 Å². The average Bonchev–Trinajstić information content (AvgIpc) is 2.63. The van der Waals surface area contributed by atoms with E-state index in [0.29, 0.717) is 5.69 Å². The first-order valence-corrected chi connectivity index (χ1v) is 8.39. The minimum absolute atomic E-state index is 0.0472. The maximum atomic E-state index is 13.1. The number of aryl methyl sites for hydroxylation is 2. The second kappa shape index (κ2) is 8.34. The van der Waals surface area contributed by atoms with Gasteiger partial charge in [-0.25, -0.2) is 18.7 Å². The van der Waals surface area contributed by atoms with Crippen LogP contribution in [0.1, 0.15) is 21.7 Å². The number of guanidine groups is 1. The molecule has 0 fully saturated rings. The van der Waals surface area contributed by atoms with Crippen LogP contribution in [-0.4, -0.2) is 21.8 Å². The summed E-state index contributed by atoms with van der Waals surface area (Å²) < 4.78 is 26.2. The largest absolute Gasteiger partial charge is 0.326 e. The molecule has 0 unspecified atom stereocenters. The fraction of sp³-hybridized carbons (Fsp3) is 0.100. The van der Waals surface area contributed by atoms with Gasteiger partial charge in [0.2, 0.25) is 5.96 Å². The molecule has 0 saturated carbocycles. The van der Waals surface area contributed by atoms with Crippen LogP contribution in [0.5, 0.6) is 0 Å². The van der Waals surface area contributed by atoms with Crippen LogP contribution in [0.4, 0.5) is 20.4 Å². The number of benzene rings is 2. The highest BCUT2D eigenvalue weighted by Crippen LogP contribution is 2.11. The molecule has 0 radical (unpaired) electrons. The number of rotatable bonds is 3. The lowest BCUT2D eigenvalue weighted by Crippen LogP contribution is -2.36. The molecule has 3 aromatic rings. The summed E-state index contributed by atoms with van der Waals surface area (Å²) in [6.07, 6.45) is 0. The number of aliphatic imine (C=N–C) groups is 1. The molecule has 0 bridgehead atoms. The molecule has 1 aromatic heterocycles. The molecule has 0 saturated heterocycles. The minimum atomic E-state index is -0.502. The Labute approximate surface area is 160 Å². The Hall–Kier alpha value is -3.68. The van der Waals surface area contributed by atoms with Crippen molar-refractivity contribution >= 4 is 23.5 Å². The quantitative estimate of drug-likeness (QED) is 0.533. The van der Waals surface area contributed by atoms with Crippen LogP contribution in [0.2, 0.25) is 0 Å². The third-order valence-corrected chi connectivity index (χ3v) is 3.63. The van der Waals surface area contributed by atoms with Crippen LogP contribution < -0.4 is 10.6 Å². The Bertz CT molecular complexity index is 998. The molecule has 2 aromatic carbocycles. The van der Waals surface area contributed by atoms with E-state index in [1.165, 1.54) is 48.5 Å². The summed E-state index contributed by atoms with van der Waals surface area (Å²) in [6, 6.07) is 12.4. The Kier molecular flexibility index (Phi) is 5.69. The number of carbonyl (C=O) groups is 1. The molecule has 0 aliphatic heterocycles. The van der Waals surface area contributed by atoms with E-state index < -0.39 is 17.5 Å². The Morgan fingerprint density at radius 3 is 2.00 bits per heavy atom. The normalized spacial score (nSPS) is 11.2. The maximum Gasteiger partial charge on any atom is 0.257 e. The van der Waals surface area contributed by atoms with Gasteiger partial charge in [-0.15, -0.1) is 0 Å². The van der Waals surface area contributed by atoms with E-state index in [2.05, 4.69) is 25.6 Å². The zero-order valence-corrected chi connectivity index (χ0v) is 15.2. The van der Waals surface area contributed by atoms with Crippen molar-refractivity contribution in [3.63, 3.8) is 0 Å². The summed E-state index contributed by atoms with van der Waals surface area (Å²) in [7, 11) is 0. The Balaban J connectivity index is 1.90. The van der Waals surface area contributed by atoms with Crippen molar-refractivity contribution in [3.8, 4) is 0 Å². The first kappa shape index (κ1) is 19.1. The van der Waals surface area contributed by atoms with Crippen LogP contribution in [0.15, 0.2) is 59.6 Å². The molecular weight excluding hydrogens is 364 g/mol. The Morgan fingerprint density at radius 2 is 1.43 bits per heavy atom. The van der Waals surface area contributed by atoms with Gasteiger partial charge in [0.1, 0.15) is 11.6 Å². The van der Waals surface area contributed by atoms with Crippen molar-refractivity contribution in [2.45, 2.75) is 13.8 Å². The van der Waals surface area contributed by atoms with Crippen LogP contribution >= 0.6 is 0 Å². The topological polar surface area (TPSA) is 79.3 Å². The van der Waals surface area contributed by atoms with Gasteiger partial charge in [0.25, 0.3) is 11.9 Å². The molecule has 1 amide bonds. The minimum Gasteiger partial charge on any atom is -0.326 e. The smallest absolute Gasteiger partial charge is 0.257 e. The molecule has 0 aliphatic rings. The fourth-order valence-electron chi connectivity index (χ4n) is 2.40. The van der Waals surface area contributed by atoms with E-state index in [0.717, 1.165) is 11.4 Å². The summed E-state index contributed by atoms with van der Waals surface area (Å²) in [5, 5.41) is 5.51. The van der Waals surface area contributed by atoms with Gasteiger partial charge in [-0.2, -0.15) is 4.99 Å². The predicted octanol–water partition coefficient (Wildman–Crippen LogP) is 3.90. The summed E-state index contributed by atoms with van der Waals surface area (Å²) in [4.78, 5) is 25.2. The van der Waals surface area contributed by atoms with Crippen molar-refractivity contribution in [2.24, 2.45) is 4.99 Å². The lowest BCUT2D eigenvalue weighted by molar-refractivity contribution is 0.0977. The van der Waals surface area contributed by atoms with Crippen LogP contribution in [0.25, 0.3) is 0 Å². The molecule has 0 spiro atoms. The van der Waals surface area contributed by atoms with E-state index >= 15 is 0 Å². The zero-order valence-electron chi connectivity index (χ0n) is 15.2. The monoisotopic (exact) mass is 381 g/mol. The molecular formula is C20H17F2N5O.